The smallest absolute Gasteiger partial charge is 0.326 e. The van der Waals surface area contributed by atoms with Gasteiger partial charge in [-0.2, -0.15) is 0 Å². The predicted octanol–water partition coefficient (Wildman–Crippen LogP) is -0.166. The lowest BCUT2D eigenvalue weighted by Crippen LogP contribution is -2.41. The van der Waals surface area contributed by atoms with Crippen LogP contribution < -0.4 is 11.1 Å². The van der Waals surface area contributed by atoms with Gasteiger partial charge in [0.1, 0.15) is 6.04 Å². The average Bonchev–Trinajstić information content (AvgIpc) is 2.29. The van der Waals surface area contributed by atoms with Crippen LogP contribution in [0.3, 0.4) is 0 Å². The van der Waals surface area contributed by atoms with Gasteiger partial charge in [-0.05, 0) is 24.3 Å². The van der Waals surface area contributed by atoms with Gasteiger partial charge in [0.25, 0.3) is 5.91 Å². The summed E-state index contributed by atoms with van der Waals surface area (Å²) in [5.41, 5.74) is 6.31. The first kappa shape index (κ1) is 13.0. The lowest BCUT2D eigenvalue weighted by Gasteiger charge is -2.13. The minimum atomic E-state index is -1.18. The molecule has 1 unspecified atom stereocenters. The van der Waals surface area contributed by atoms with Crippen molar-refractivity contribution in [2.24, 2.45) is 0 Å². The van der Waals surface area contributed by atoms with Gasteiger partial charge < -0.3 is 21.3 Å². The van der Waals surface area contributed by atoms with Crippen LogP contribution in [0.25, 0.3) is 0 Å². The van der Waals surface area contributed by atoms with Crippen LogP contribution in [-0.2, 0) is 4.79 Å². The number of hydrogen-bond acceptors (Lipinski definition) is 4. The van der Waals surface area contributed by atoms with E-state index in [9.17, 15) is 9.59 Å². The molecule has 0 heterocycles. The average molecular weight is 238 g/mol. The van der Waals surface area contributed by atoms with E-state index in [1.165, 1.54) is 12.1 Å². The molecule has 0 aromatic heterocycles. The van der Waals surface area contributed by atoms with Gasteiger partial charge in [-0.3, -0.25) is 4.79 Å². The highest BCUT2D eigenvalue weighted by atomic mass is 16.4. The quantitative estimate of drug-likeness (QED) is 0.532. The number of rotatable bonds is 5. The molecule has 5 N–H and O–H groups in total. The fraction of sp³-hybridized carbons (Fsp3) is 0.273. The van der Waals surface area contributed by atoms with Crippen molar-refractivity contribution in [2.75, 3.05) is 12.3 Å². The number of carboxylic acids is 1. The number of carbonyl (C=O) groups excluding carboxylic acids is 1. The Morgan fingerprint density at radius 1 is 1.29 bits per heavy atom. The number of amides is 1. The Labute approximate surface area is 98.1 Å². The Kier molecular flexibility index (Phi) is 4.47. The molecule has 0 aliphatic heterocycles. The van der Waals surface area contributed by atoms with Crippen molar-refractivity contribution in [3.63, 3.8) is 0 Å². The Morgan fingerprint density at radius 3 is 2.35 bits per heavy atom. The zero-order valence-corrected chi connectivity index (χ0v) is 9.09. The monoisotopic (exact) mass is 238 g/mol. The number of nitrogens with two attached hydrogens (primary N) is 1. The van der Waals surface area contributed by atoms with Crippen LogP contribution in [0.4, 0.5) is 5.69 Å². The third kappa shape index (κ3) is 3.76. The molecule has 0 aliphatic carbocycles. The van der Waals surface area contributed by atoms with Crippen LogP contribution in [0.2, 0.25) is 0 Å². The van der Waals surface area contributed by atoms with Crippen LogP contribution in [0.15, 0.2) is 24.3 Å². The number of benzene rings is 1. The number of carbonyl (C=O) groups is 2. The lowest BCUT2D eigenvalue weighted by molar-refractivity contribution is -0.139. The van der Waals surface area contributed by atoms with Gasteiger partial charge in [0.05, 0.1) is 0 Å². The summed E-state index contributed by atoms with van der Waals surface area (Å²) >= 11 is 0. The molecular weight excluding hydrogens is 224 g/mol. The maximum atomic E-state index is 11.6. The highest BCUT2D eigenvalue weighted by Crippen LogP contribution is 2.06. The Morgan fingerprint density at radius 2 is 1.88 bits per heavy atom. The van der Waals surface area contributed by atoms with Gasteiger partial charge in [0, 0.05) is 24.3 Å². The molecule has 6 nitrogen and oxygen atoms in total. The second-order valence-corrected chi connectivity index (χ2v) is 3.50. The molecule has 0 aliphatic rings. The standard InChI is InChI=1S/C11H14N2O4/c12-8-3-1-7(2-4-8)10(15)13-9(5-6-14)11(16)17/h1-4,9,14H,5-6,12H2,(H,13,15)(H,16,17). The topological polar surface area (TPSA) is 113 Å². The van der Waals surface area contributed by atoms with Crippen LogP contribution in [0.5, 0.6) is 0 Å². The summed E-state index contributed by atoms with van der Waals surface area (Å²) in [7, 11) is 0. The van der Waals surface area contributed by atoms with Crippen LogP contribution in [0, 0.1) is 0 Å². The summed E-state index contributed by atoms with van der Waals surface area (Å²) in [5, 5.41) is 19.8. The van der Waals surface area contributed by atoms with Crippen molar-refractivity contribution in [2.45, 2.75) is 12.5 Å². The van der Waals surface area contributed by atoms with Crippen molar-refractivity contribution in [1.82, 2.24) is 5.32 Å². The van der Waals surface area contributed by atoms with Crippen molar-refractivity contribution in [3.05, 3.63) is 29.8 Å². The molecular formula is C11H14N2O4. The minimum absolute atomic E-state index is 0.0317. The van der Waals surface area contributed by atoms with E-state index in [1.807, 2.05) is 0 Å². The van der Waals surface area contributed by atoms with E-state index in [2.05, 4.69) is 5.32 Å². The molecule has 0 saturated carbocycles. The van der Waals surface area contributed by atoms with Crippen LogP contribution in [0.1, 0.15) is 16.8 Å². The summed E-state index contributed by atoms with van der Waals surface area (Å²) in [6.07, 6.45) is -0.0317. The molecule has 1 aromatic rings. The van der Waals surface area contributed by atoms with Crippen molar-refractivity contribution in [3.8, 4) is 0 Å². The summed E-state index contributed by atoms with van der Waals surface area (Å²) in [5.74, 6) is -1.69. The third-order valence-electron chi connectivity index (χ3n) is 2.19. The number of anilines is 1. The van der Waals surface area contributed by atoms with E-state index in [1.54, 1.807) is 12.1 Å². The van der Waals surface area contributed by atoms with E-state index >= 15 is 0 Å². The van der Waals surface area contributed by atoms with Gasteiger partial charge in [-0.1, -0.05) is 0 Å². The molecule has 1 rings (SSSR count). The second kappa shape index (κ2) is 5.86. The molecule has 0 spiro atoms. The molecule has 0 fully saturated rings. The van der Waals surface area contributed by atoms with Crippen LogP contribution in [-0.4, -0.2) is 34.7 Å². The fourth-order valence-electron chi connectivity index (χ4n) is 1.26. The molecule has 0 bridgehead atoms. The first-order valence-electron chi connectivity index (χ1n) is 5.04. The Balaban J connectivity index is 2.70. The molecule has 1 aromatic carbocycles. The third-order valence-corrected chi connectivity index (χ3v) is 2.19. The fourth-order valence-corrected chi connectivity index (χ4v) is 1.26. The maximum absolute atomic E-state index is 11.6. The molecule has 0 saturated heterocycles. The van der Waals surface area contributed by atoms with E-state index in [-0.39, 0.29) is 13.0 Å². The van der Waals surface area contributed by atoms with Gasteiger partial charge in [0.15, 0.2) is 0 Å². The molecule has 92 valence electrons. The molecule has 1 atom stereocenters. The summed E-state index contributed by atoms with van der Waals surface area (Å²) in [6.45, 7) is -0.307. The van der Waals surface area contributed by atoms with E-state index in [0.29, 0.717) is 11.3 Å². The van der Waals surface area contributed by atoms with E-state index in [0.717, 1.165) is 0 Å². The number of carboxylic acid groups (broad SMARTS) is 1. The lowest BCUT2D eigenvalue weighted by atomic mass is 10.1. The SMILES string of the molecule is Nc1ccc(C(=O)NC(CCO)C(=O)O)cc1. The highest BCUT2D eigenvalue weighted by molar-refractivity contribution is 5.96. The number of aliphatic hydroxyl groups is 1. The number of nitrogens with one attached hydrogen (secondary N) is 1. The number of nitrogen functional groups attached to an aromatic ring is 1. The van der Waals surface area contributed by atoms with Crippen molar-refractivity contribution in [1.29, 1.82) is 0 Å². The first-order chi connectivity index (χ1) is 8.04. The zero-order valence-electron chi connectivity index (χ0n) is 9.09. The summed E-state index contributed by atoms with van der Waals surface area (Å²) < 4.78 is 0. The summed E-state index contributed by atoms with van der Waals surface area (Å²) in [4.78, 5) is 22.4. The summed E-state index contributed by atoms with van der Waals surface area (Å²) in [6, 6.07) is 5.02. The van der Waals surface area contributed by atoms with Gasteiger partial charge in [-0.25, -0.2) is 4.79 Å². The Hall–Kier alpha value is -2.08. The molecule has 1 amide bonds. The minimum Gasteiger partial charge on any atom is -0.480 e. The Bertz CT molecular complexity index is 402. The van der Waals surface area contributed by atoms with E-state index in [4.69, 9.17) is 15.9 Å². The number of aliphatic carboxylic acids is 1. The van der Waals surface area contributed by atoms with Gasteiger partial charge >= 0.3 is 5.97 Å². The van der Waals surface area contributed by atoms with Crippen molar-refractivity contribution >= 4 is 17.6 Å². The number of aliphatic hydroxyl groups excluding tert-OH is 1. The normalized spacial score (nSPS) is 11.8. The second-order valence-electron chi connectivity index (χ2n) is 3.50. The van der Waals surface area contributed by atoms with E-state index < -0.39 is 17.9 Å². The predicted molar refractivity (Wildman–Crippen MR) is 61.4 cm³/mol. The molecule has 6 heteroatoms. The highest BCUT2D eigenvalue weighted by Gasteiger charge is 2.19. The van der Waals surface area contributed by atoms with Gasteiger partial charge in [-0.15, -0.1) is 0 Å². The molecule has 17 heavy (non-hydrogen) atoms. The van der Waals surface area contributed by atoms with Gasteiger partial charge in [0.2, 0.25) is 0 Å². The maximum Gasteiger partial charge on any atom is 0.326 e. The largest absolute Gasteiger partial charge is 0.480 e. The van der Waals surface area contributed by atoms with Crippen molar-refractivity contribution < 1.29 is 19.8 Å². The first-order valence-corrected chi connectivity index (χ1v) is 5.04. The van der Waals surface area contributed by atoms with Crippen LogP contribution >= 0.6 is 0 Å². The number of hydrogen-bond donors (Lipinski definition) is 4. The zero-order chi connectivity index (χ0) is 12.8. The molecule has 0 radical (unpaired) electrons.